The van der Waals surface area contributed by atoms with Crippen molar-refractivity contribution in [1.29, 1.82) is 0 Å². The van der Waals surface area contributed by atoms with Crippen molar-refractivity contribution in [3.05, 3.63) is 63.8 Å². The molecule has 2 aromatic carbocycles. The zero-order chi connectivity index (χ0) is 16.6. The summed E-state index contributed by atoms with van der Waals surface area (Å²) in [6.45, 7) is 4.55. The Labute approximate surface area is 139 Å². The smallest absolute Gasteiger partial charge is 0.359 e. The van der Waals surface area contributed by atoms with Crippen molar-refractivity contribution in [2.24, 2.45) is 0 Å². The van der Waals surface area contributed by atoms with E-state index in [9.17, 15) is 4.79 Å². The molecule has 0 unspecified atom stereocenters. The highest BCUT2D eigenvalue weighted by Crippen LogP contribution is 2.25. The highest BCUT2D eigenvalue weighted by atomic mass is 35.5. The second kappa shape index (κ2) is 6.05. The molecule has 5 heteroatoms. The van der Waals surface area contributed by atoms with E-state index < -0.39 is 5.97 Å². The fraction of sp³-hybridized carbons (Fsp3) is 0.222. The molecule has 23 heavy (non-hydrogen) atoms. The number of fused-ring (bicyclic) bond motifs is 1. The van der Waals surface area contributed by atoms with Crippen LogP contribution in [0.15, 0.2) is 36.4 Å². The van der Waals surface area contributed by atoms with Gasteiger partial charge in [-0.05, 0) is 48.7 Å². The van der Waals surface area contributed by atoms with E-state index in [0.29, 0.717) is 17.3 Å². The van der Waals surface area contributed by atoms with Crippen LogP contribution in [0.25, 0.3) is 10.9 Å². The molecule has 0 spiro atoms. The summed E-state index contributed by atoms with van der Waals surface area (Å²) in [6.07, 6.45) is 0. The average Bonchev–Trinajstić information content (AvgIpc) is 2.89. The van der Waals surface area contributed by atoms with Gasteiger partial charge in [-0.15, -0.1) is 0 Å². The number of rotatable bonds is 3. The lowest BCUT2D eigenvalue weighted by Gasteiger charge is -2.08. The van der Waals surface area contributed by atoms with Crippen molar-refractivity contribution in [3.8, 4) is 0 Å². The topological polar surface area (TPSA) is 44.1 Å². The Morgan fingerprint density at radius 2 is 2.00 bits per heavy atom. The van der Waals surface area contributed by atoms with Gasteiger partial charge in [0.15, 0.2) is 5.69 Å². The van der Waals surface area contributed by atoms with Gasteiger partial charge in [0.2, 0.25) is 0 Å². The molecule has 0 radical (unpaired) electrons. The summed E-state index contributed by atoms with van der Waals surface area (Å²) in [4.78, 5) is 12.0. The molecule has 0 N–H and O–H groups in total. The standard InChI is InChI=1S/C18H17ClN2O2/c1-11-5-4-6-15-16(11)17(18(22)23-3)20-21(15)10-13-7-8-14(19)9-12(13)2/h4-9H,10H2,1-3H3. The molecule has 1 heterocycles. The number of esters is 1. The van der Waals surface area contributed by atoms with Crippen LogP contribution in [0.1, 0.15) is 27.2 Å². The molecule has 0 aliphatic rings. The fourth-order valence-electron chi connectivity index (χ4n) is 2.76. The maximum Gasteiger partial charge on any atom is 0.359 e. The number of methoxy groups -OCH3 is 1. The van der Waals surface area contributed by atoms with E-state index in [1.807, 2.05) is 54.9 Å². The van der Waals surface area contributed by atoms with E-state index in [-0.39, 0.29) is 0 Å². The largest absolute Gasteiger partial charge is 0.464 e. The highest BCUT2D eigenvalue weighted by molar-refractivity contribution is 6.30. The Bertz CT molecular complexity index is 899. The molecule has 0 aliphatic heterocycles. The van der Waals surface area contributed by atoms with Gasteiger partial charge in [0, 0.05) is 10.4 Å². The Balaban J connectivity index is 2.14. The normalized spacial score (nSPS) is 11.0. The number of benzene rings is 2. The minimum atomic E-state index is -0.420. The maximum absolute atomic E-state index is 12.0. The summed E-state index contributed by atoms with van der Waals surface area (Å²) < 4.78 is 6.71. The van der Waals surface area contributed by atoms with Gasteiger partial charge in [0.25, 0.3) is 0 Å². The molecule has 0 aliphatic carbocycles. The zero-order valence-electron chi connectivity index (χ0n) is 13.3. The van der Waals surface area contributed by atoms with E-state index in [1.165, 1.54) is 7.11 Å². The van der Waals surface area contributed by atoms with Crippen molar-refractivity contribution >= 4 is 28.5 Å². The number of nitrogens with zero attached hydrogens (tertiary/aromatic N) is 2. The highest BCUT2D eigenvalue weighted by Gasteiger charge is 2.19. The first-order valence-electron chi connectivity index (χ1n) is 7.30. The summed E-state index contributed by atoms with van der Waals surface area (Å²) >= 11 is 6.02. The second-order valence-electron chi connectivity index (χ2n) is 5.54. The Hall–Kier alpha value is -2.33. The summed E-state index contributed by atoms with van der Waals surface area (Å²) in [5, 5.41) is 6.04. The molecule has 3 aromatic rings. The maximum atomic E-state index is 12.0. The van der Waals surface area contributed by atoms with Gasteiger partial charge in [-0.2, -0.15) is 5.10 Å². The predicted molar refractivity (Wildman–Crippen MR) is 91.1 cm³/mol. The molecule has 0 amide bonds. The van der Waals surface area contributed by atoms with Gasteiger partial charge >= 0.3 is 5.97 Å². The van der Waals surface area contributed by atoms with Crippen molar-refractivity contribution in [2.45, 2.75) is 20.4 Å². The van der Waals surface area contributed by atoms with Crippen LogP contribution in [0.5, 0.6) is 0 Å². The number of hydrogen-bond acceptors (Lipinski definition) is 3. The number of ether oxygens (including phenoxy) is 1. The molecule has 0 saturated heterocycles. The minimum Gasteiger partial charge on any atom is -0.464 e. The third kappa shape index (κ3) is 2.82. The Morgan fingerprint density at radius 3 is 2.70 bits per heavy atom. The van der Waals surface area contributed by atoms with Crippen molar-refractivity contribution in [3.63, 3.8) is 0 Å². The van der Waals surface area contributed by atoms with E-state index in [1.54, 1.807) is 0 Å². The SMILES string of the molecule is COC(=O)c1nn(Cc2ccc(Cl)cc2C)c2cccc(C)c12. The number of carbonyl (C=O) groups is 1. The number of hydrogen-bond donors (Lipinski definition) is 0. The summed E-state index contributed by atoms with van der Waals surface area (Å²) in [7, 11) is 1.37. The first-order chi connectivity index (χ1) is 11.0. The van der Waals surface area contributed by atoms with Crippen molar-refractivity contribution in [2.75, 3.05) is 7.11 Å². The van der Waals surface area contributed by atoms with Gasteiger partial charge in [0.1, 0.15) is 0 Å². The molecule has 1 aromatic heterocycles. The van der Waals surface area contributed by atoms with E-state index in [2.05, 4.69) is 5.10 Å². The lowest BCUT2D eigenvalue weighted by atomic mass is 10.1. The third-order valence-electron chi connectivity index (χ3n) is 3.99. The number of aromatic nitrogens is 2. The van der Waals surface area contributed by atoms with Gasteiger partial charge < -0.3 is 4.74 Å². The van der Waals surface area contributed by atoms with Crippen LogP contribution in [-0.4, -0.2) is 22.9 Å². The van der Waals surface area contributed by atoms with Crippen LogP contribution in [-0.2, 0) is 11.3 Å². The summed E-state index contributed by atoms with van der Waals surface area (Å²) in [5.41, 5.74) is 4.47. The van der Waals surface area contributed by atoms with Gasteiger partial charge in [-0.25, -0.2) is 4.79 Å². The average molecular weight is 329 g/mol. The van der Waals surface area contributed by atoms with Crippen LogP contribution in [0.2, 0.25) is 5.02 Å². The Kier molecular flexibility index (Phi) is 4.09. The molecule has 0 saturated carbocycles. The van der Waals surface area contributed by atoms with Crippen LogP contribution in [0.4, 0.5) is 0 Å². The summed E-state index contributed by atoms with van der Waals surface area (Å²) in [5.74, 6) is -0.420. The zero-order valence-corrected chi connectivity index (χ0v) is 14.0. The van der Waals surface area contributed by atoms with Crippen LogP contribution >= 0.6 is 11.6 Å². The Morgan fingerprint density at radius 1 is 1.22 bits per heavy atom. The van der Waals surface area contributed by atoms with E-state index in [0.717, 1.165) is 27.6 Å². The molecule has 0 fully saturated rings. The molecule has 118 valence electrons. The number of halogens is 1. The number of aryl methyl sites for hydroxylation is 2. The lowest BCUT2D eigenvalue weighted by Crippen LogP contribution is -2.07. The molecule has 0 atom stereocenters. The van der Waals surface area contributed by atoms with Crippen molar-refractivity contribution < 1.29 is 9.53 Å². The van der Waals surface area contributed by atoms with E-state index in [4.69, 9.17) is 16.3 Å². The lowest BCUT2D eigenvalue weighted by molar-refractivity contribution is 0.0595. The second-order valence-corrected chi connectivity index (χ2v) is 5.97. The first-order valence-corrected chi connectivity index (χ1v) is 7.68. The van der Waals surface area contributed by atoms with Gasteiger partial charge in [0.05, 0.1) is 19.2 Å². The quantitative estimate of drug-likeness (QED) is 0.679. The molecule has 3 rings (SSSR count). The first kappa shape index (κ1) is 15.6. The van der Waals surface area contributed by atoms with Gasteiger partial charge in [-0.1, -0.05) is 29.8 Å². The molecule has 0 bridgehead atoms. The van der Waals surface area contributed by atoms with Crippen molar-refractivity contribution in [1.82, 2.24) is 9.78 Å². The molecular formula is C18H17ClN2O2. The summed E-state index contributed by atoms with van der Waals surface area (Å²) in [6, 6.07) is 11.7. The van der Waals surface area contributed by atoms with Gasteiger partial charge in [-0.3, -0.25) is 4.68 Å². The van der Waals surface area contributed by atoms with Crippen LogP contribution in [0, 0.1) is 13.8 Å². The molecular weight excluding hydrogens is 312 g/mol. The monoisotopic (exact) mass is 328 g/mol. The third-order valence-corrected chi connectivity index (χ3v) is 4.22. The fourth-order valence-corrected chi connectivity index (χ4v) is 2.98. The van der Waals surface area contributed by atoms with Crippen LogP contribution in [0.3, 0.4) is 0 Å². The predicted octanol–water partition coefficient (Wildman–Crippen LogP) is 4.14. The van der Waals surface area contributed by atoms with E-state index >= 15 is 0 Å². The molecule has 4 nitrogen and oxygen atoms in total. The number of carbonyl (C=O) groups excluding carboxylic acids is 1. The van der Waals surface area contributed by atoms with Crippen LogP contribution < -0.4 is 0 Å². The minimum absolute atomic E-state index is 0.354.